The van der Waals surface area contributed by atoms with Gasteiger partial charge in [0, 0.05) is 24.0 Å². The van der Waals surface area contributed by atoms with Crippen LogP contribution in [0.5, 0.6) is 0 Å². The van der Waals surface area contributed by atoms with Gasteiger partial charge in [-0.15, -0.1) is 0 Å². The number of carbonyl (C=O) groups excluding carboxylic acids is 1. The average molecular weight is 240 g/mol. The lowest BCUT2D eigenvalue weighted by Crippen LogP contribution is -2.68. The zero-order valence-corrected chi connectivity index (χ0v) is 11.2. The molecule has 98 valence electrons. The monoisotopic (exact) mass is 240 g/mol. The van der Waals surface area contributed by atoms with Gasteiger partial charge in [0.15, 0.2) is 0 Å². The van der Waals surface area contributed by atoms with E-state index < -0.39 is 6.04 Å². The molecule has 0 bridgehead atoms. The summed E-state index contributed by atoms with van der Waals surface area (Å²) in [6.45, 7) is 9.08. The zero-order valence-electron chi connectivity index (χ0n) is 11.2. The van der Waals surface area contributed by atoms with Gasteiger partial charge in [0.2, 0.25) is 5.91 Å². The Kier molecular flexibility index (Phi) is 3.21. The standard InChI is InChI=1S/C13H24N2O2/c1-7(2)9(14)12(16)15-10-8-5-6-17-11(8)13(10,3)4/h7-11H,5-6,14H2,1-4H3,(H,15,16)/t8?,9-,10?,11?/m0/s1. The number of hydrogen-bond acceptors (Lipinski definition) is 3. The molecule has 17 heavy (non-hydrogen) atoms. The molecule has 1 saturated carbocycles. The average Bonchev–Trinajstić information content (AvgIpc) is 2.70. The first kappa shape index (κ1) is 12.8. The fraction of sp³-hybridized carbons (Fsp3) is 0.923. The molecule has 1 amide bonds. The third-order valence-electron chi connectivity index (χ3n) is 4.42. The Balaban J connectivity index is 1.98. The van der Waals surface area contributed by atoms with Crippen molar-refractivity contribution in [3.05, 3.63) is 0 Å². The lowest BCUT2D eigenvalue weighted by Gasteiger charge is -2.54. The molecule has 1 aliphatic carbocycles. The van der Waals surface area contributed by atoms with Gasteiger partial charge in [0.25, 0.3) is 0 Å². The van der Waals surface area contributed by atoms with Crippen molar-refractivity contribution in [3.63, 3.8) is 0 Å². The predicted octanol–water partition coefficient (Wildman–Crippen LogP) is 0.899. The number of carbonyl (C=O) groups is 1. The highest BCUT2D eigenvalue weighted by atomic mass is 16.5. The van der Waals surface area contributed by atoms with Gasteiger partial charge < -0.3 is 15.8 Å². The van der Waals surface area contributed by atoms with Crippen LogP contribution in [0.15, 0.2) is 0 Å². The van der Waals surface area contributed by atoms with E-state index >= 15 is 0 Å². The smallest absolute Gasteiger partial charge is 0.237 e. The summed E-state index contributed by atoms with van der Waals surface area (Å²) >= 11 is 0. The number of nitrogens with one attached hydrogen (secondary N) is 1. The third-order valence-corrected chi connectivity index (χ3v) is 4.42. The van der Waals surface area contributed by atoms with Gasteiger partial charge >= 0.3 is 0 Å². The molecule has 0 spiro atoms. The Morgan fingerprint density at radius 2 is 2.12 bits per heavy atom. The van der Waals surface area contributed by atoms with Crippen molar-refractivity contribution in [2.24, 2.45) is 23.0 Å². The summed E-state index contributed by atoms with van der Waals surface area (Å²) in [7, 11) is 0. The van der Waals surface area contributed by atoms with Gasteiger partial charge in [-0.05, 0) is 12.3 Å². The van der Waals surface area contributed by atoms with E-state index in [0.717, 1.165) is 13.0 Å². The Hall–Kier alpha value is -0.610. The van der Waals surface area contributed by atoms with Gasteiger partial charge in [-0.2, -0.15) is 0 Å². The molecule has 0 radical (unpaired) electrons. The lowest BCUT2D eigenvalue weighted by molar-refractivity contribution is -0.139. The minimum atomic E-state index is -0.410. The normalized spacial score (nSPS) is 36.2. The zero-order chi connectivity index (χ0) is 12.8. The number of hydrogen-bond donors (Lipinski definition) is 2. The summed E-state index contributed by atoms with van der Waals surface area (Å²) in [6.07, 6.45) is 1.36. The van der Waals surface area contributed by atoms with Crippen molar-refractivity contribution >= 4 is 5.91 Å². The predicted molar refractivity (Wildman–Crippen MR) is 66.4 cm³/mol. The largest absolute Gasteiger partial charge is 0.377 e. The first-order valence-corrected chi connectivity index (χ1v) is 6.53. The molecule has 3 N–H and O–H groups in total. The fourth-order valence-electron chi connectivity index (χ4n) is 3.17. The minimum absolute atomic E-state index is 0.0246. The van der Waals surface area contributed by atoms with Crippen LogP contribution in [0.25, 0.3) is 0 Å². The topological polar surface area (TPSA) is 64.4 Å². The second kappa shape index (κ2) is 4.25. The van der Waals surface area contributed by atoms with Crippen LogP contribution in [0.4, 0.5) is 0 Å². The minimum Gasteiger partial charge on any atom is -0.377 e. The van der Waals surface area contributed by atoms with E-state index in [2.05, 4.69) is 19.2 Å². The van der Waals surface area contributed by atoms with E-state index in [1.165, 1.54) is 0 Å². The second-order valence-electron chi connectivity index (χ2n) is 6.32. The number of ether oxygens (including phenoxy) is 1. The van der Waals surface area contributed by atoms with Crippen LogP contribution < -0.4 is 11.1 Å². The summed E-state index contributed by atoms with van der Waals surface area (Å²) < 4.78 is 5.70. The second-order valence-corrected chi connectivity index (χ2v) is 6.32. The summed E-state index contributed by atoms with van der Waals surface area (Å²) in [5.41, 5.74) is 5.90. The Labute approximate surface area is 103 Å². The molecule has 4 atom stereocenters. The molecule has 1 saturated heterocycles. The van der Waals surface area contributed by atoms with Crippen LogP contribution in [-0.2, 0) is 9.53 Å². The van der Waals surface area contributed by atoms with Crippen molar-refractivity contribution in [2.75, 3.05) is 6.61 Å². The summed E-state index contributed by atoms with van der Waals surface area (Å²) in [6, 6.07) is -0.195. The SMILES string of the molecule is CC(C)[C@H](N)C(=O)NC1C2CCOC2C1(C)C. The molecule has 0 aromatic carbocycles. The van der Waals surface area contributed by atoms with Crippen LogP contribution in [0, 0.1) is 17.3 Å². The van der Waals surface area contributed by atoms with Crippen LogP contribution >= 0.6 is 0 Å². The van der Waals surface area contributed by atoms with Crippen molar-refractivity contribution in [1.29, 1.82) is 0 Å². The molecular weight excluding hydrogens is 216 g/mol. The summed E-state index contributed by atoms with van der Waals surface area (Å²) in [4.78, 5) is 12.0. The van der Waals surface area contributed by atoms with Gasteiger partial charge in [-0.25, -0.2) is 0 Å². The maximum absolute atomic E-state index is 12.0. The van der Waals surface area contributed by atoms with Crippen molar-refractivity contribution < 1.29 is 9.53 Å². The van der Waals surface area contributed by atoms with E-state index in [1.54, 1.807) is 0 Å². The number of fused-ring (bicyclic) bond motifs is 1. The highest BCUT2D eigenvalue weighted by Gasteiger charge is 2.59. The Morgan fingerprint density at radius 3 is 2.71 bits per heavy atom. The summed E-state index contributed by atoms with van der Waals surface area (Å²) in [5, 5.41) is 3.12. The van der Waals surface area contributed by atoms with Gasteiger partial charge in [0.1, 0.15) is 0 Å². The molecule has 1 heterocycles. The molecule has 4 nitrogen and oxygen atoms in total. The molecule has 0 aromatic heterocycles. The van der Waals surface area contributed by atoms with E-state index in [9.17, 15) is 4.79 Å². The van der Waals surface area contributed by atoms with E-state index in [-0.39, 0.29) is 23.3 Å². The molecule has 2 aliphatic rings. The van der Waals surface area contributed by atoms with E-state index in [4.69, 9.17) is 10.5 Å². The van der Waals surface area contributed by atoms with Gasteiger partial charge in [-0.3, -0.25) is 4.79 Å². The Morgan fingerprint density at radius 1 is 1.47 bits per heavy atom. The third kappa shape index (κ3) is 1.97. The van der Waals surface area contributed by atoms with Crippen molar-refractivity contribution in [2.45, 2.75) is 52.3 Å². The molecule has 1 aliphatic heterocycles. The van der Waals surface area contributed by atoms with E-state index in [0.29, 0.717) is 12.0 Å². The van der Waals surface area contributed by atoms with Crippen molar-refractivity contribution in [3.8, 4) is 0 Å². The first-order valence-electron chi connectivity index (χ1n) is 6.53. The Bertz CT molecular complexity index is 315. The molecule has 0 aromatic rings. The molecule has 2 fully saturated rings. The number of rotatable bonds is 3. The van der Waals surface area contributed by atoms with Crippen molar-refractivity contribution in [1.82, 2.24) is 5.32 Å². The van der Waals surface area contributed by atoms with Crippen LogP contribution in [-0.4, -0.2) is 30.7 Å². The molecule has 3 unspecified atom stereocenters. The van der Waals surface area contributed by atoms with Crippen LogP contribution in [0.1, 0.15) is 34.1 Å². The van der Waals surface area contributed by atoms with E-state index in [1.807, 2.05) is 13.8 Å². The fourth-order valence-corrected chi connectivity index (χ4v) is 3.17. The lowest BCUT2D eigenvalue weighted by atomic mass is 9.57. The maximum atomic E-state index is 12.0. The van der Waals surface area contributed by atoms with Crippen LogP contribution in [0.2, 0.25) is 0 Å². The van der Waals surface area contributed by atoms with Crippen LogP contribution in [0.3, 0.4) is 0 Å². The molecular formula is C13H24N2O2. The van der Waals surface area contributed by atoms with Gasteiger partial charge in [-0.1, -0.05) is 27.7 Å². The first-order chi connectivity index (χ1) is 7.85. The number of amides is 1. The summed E-state index contributed by atoms with van der Waals surface area (Å²) in [5.74, 6) is 0.630. The number of nitrogens with two attached hydrogens (primary N) is 1. The highest BCUT2D eigenvalue weighted by Crippen LogP contribution is 2.52. The molecule has 4 heteroatoms. The maximum Gasteiger partial charge on any atom is 0.237 e. The quantitative estimate of drug-likeness (QED) is 0.770. The van der Waals surface area contributed by atoms with Gasteiger partial charge in [0.05, 0.1) is 12.1 Å². The highest BCUT2D eigenvalue weighted by molar-refractivity contribution is 5.82. The molecule has 2 rings (SSSR count).